The van der Waals surface area contributed by atoms with Crippen LogP contribution >= 0.6 is 0 Å². The molecule has 1 heterocycles. The summed E-state index contributed by atoms with van der Waals surface area (Å²) in [5.74, 6) is 0. The summed E-state index contributed by atoms with van der Waals surface area (Å²) >= 11 is 0. The molecule has 0 bridgehead atoms. The second-order valence-electron chi connectivity index (χ2n) is 7.24. The fourth-order valence-electron chi connectivity index (χ4n) is 2.57. The van der Waals surface area contributed by atoms with Gasteiger partial charge in [0.15, 0.2) is 0 Å². The Morgan fingerprint density at radius 3 is 2.59 bits per heavy atom. The zero-order valence-corrected chi connectivity index (χ0v) is 11.9. The Morgan fingerprint density at radius 2 is 1.94 bits per heavy atom. The van der Waals surface area contributed by atoms with E-state index in [0.29, 0.717) is 5.41 Å². The number of hydrogen-bond donors (Lipinski definition) is 1. The topological polar surface area (TPSA) is 12.0 Å². The van der Waals surface area contributed by atoms with E-state index in [2.05, 4.69) is 58.1 Å². The predicted molar refractivity (Wildman–Crippen MR) is 75.6 cm³/mol. The van der Waals surface area contributed by atoms with Gasteiger partial charge in [0.1, 0.15) is 0 Å². The van der Waals surface area contributed by atoms with E-state index < -0.39 is 0 Å². The first kappa shape index (κ1) is 12.5. The molecule has 0 atom stereocenters. The molecule has 17 heavy (non-hydrogen) atoms. The van der Waals surface area contributed by atoms with Gasteiger partial charge in [0.25, 0.3) is 0 Å². The van der Waals surface area contributed by atoms with Gasteiger partial charge in [-0.2, -0.15) is 0 Å². The second-order valence-corrected chi connectivity index (χ2v) is 7.24. The van der Waals surface area contributed by atoms with Crippen LogP contribution in [0.4, 0.5) is 5.69 Å². The lowest BCUT2D eigenvalue weighted by Gasteiger charge is -2.34. The van der Waals surface area contributed by atoms with Gasteiger partial charge in [0.2, 0.25) is 0 Å². The van der Waals surface area contributed by atoms with Crippen LogP contribution < -0.4 is 5.32 Å². The Morgan fingerprint density at radius 1 is 1.24 bits per heavy atom. The molecule has 0 aromatic heterocycles. The van der Waals surface area contributed by atoms with Gasteiger partial charge in [-0.15, -0.1) is 0 Å². The highest BCUT2D eigenvalue weighted by molar-refractivity contribution is 5.56. The first-order valence-corrected chi connectivity index (χ1v) is 6.65. The number of benzene rings is 1. The molecule has 1 aliphatic heterocycles. The number of nitrogens with one attached hydrogen (secondary N) is 1. The molecule has 0 aliphatic carbocycles. The summed E-state index contributed by atoms with van der Waals surface area (Å²) in [7, 11) is 0. The van der Waals surface area contributed by atoms with Crippen molar-refractivity contribution in [3.63, 3.8) is 0 Å². The molecule has 0 spiro atoms. The molecule has 2 rings (SSSR count). The Labute approximate surface area is 106 Å². The average Bonchev–Trinajstić information content (AvgIpc) is 2.15. The van der Waals surface area contributed by atoms with Crippen LogP contribution in [0, 0.1) is 5.41 Å². The summed E-state index contributed by atoms with van der Waals surface area (Å²) in [5, 5.41) is 3.63. The summed E-state index contributed by atoms with van der Waals surface area (Å²) in [4.78, 5) is 0. The van der Waals surface area contributed by atoms with Crippen LogP contribution in [0.2, 0.25) is 0 Å². The van der Waals surface area contributed by atoms with E-state index in [1.54, 1.807) is 0 Å². The third-order valence-corrected chi connectivity index (χ3v) is 3.40. The lowest BCUT2D eigenvalue weighted by atomic mass is 9.85. The summed E-state index contributed by atoms with van der Waals surface area (Å²) in [5.41, 5.74) is 4.91. The van der Waals surface area contributed by atoms with Gasteiger partial charge in [0.05, 0.1) is 0 Å². The van der Waals surface area contributed by atoms with E-state index in [1.807, 2.05) is 0 Å². The number of anilines is 1. The number of rotatable bonds is 1. The van der Waals surface area contributed by atoms with E-state index in [-0.39, 0.29) is 5.54 Å². The van der Waals surface area contributed by atoms with Crippen molar-refractivity contribution in [1.29, 1.82) is 0 Å². The molecule has 0 saturated heterocycles. The van der Waals surface area contributed by atoms with E-state index in [9.17, 15) is 0 Å². The number of hydrogen-bond acceptors (Lipinski definition) is 1. The minimum Gasteiger partial charge on any atom is -0.380 e. The molecule has 1 aromatic carbocycles. The Kier molecular flexibility index (Phi) is 2.97. The third kappa shape index (κ3) is 3.24. The van der Waals surface area contributed by atoms with Crippen molar-refractivity contribution in [3.8, 4) is 0 Å². The Bertz CT molecular complexity index is 410. The molecule has 94 valence electrons. The second kappa shape index (κ2) is 4.04. The molecule has 0 fully saturated rings. The molecule has 1 heteroatoms. The summed E-state index contributed by atoms with van der Waals surface area (Å²) in [6.07, 6.45) is 3.58. The first-order chi connectivity index (χ1) is 7.75. The van der Waals surface area contributed by atoms with Crippen LogP contribution in [-0.2, 0) is 12.8 Å². The fourth-order valence-corrected chi connectivity index (χ4v) is 2.57. The van der Waals surface area contributed by atoms with Gasteiger partial charge in [0, 0.05) is 11.2 Å². The van der Waals surface area contributed by atoms with Gasteiger partial charge in [-0.25, -0.2) is 0 Å². The highest BCUT2D eigenvalue weighted by atomic mass is 15.0. The predicted octanol–water partition coefficient (Wildman–Crippen LogP) is 4.41. The van der Waals surface area contributed by atoms with Gasteiger partial charge in [-0.05, 0) is 55.7 Å². The van der Waals surface area contributed by atoms with Crippen molar-refractivity contribution in [2.75, 3.05) is 5.32 Å². The lowest BCUT2D eigenvalue weighted by molar-refractivity contribution is 0.411. The molecule has 1 aromatic rings. The van der Waals surface area contributed by atoms with E-state index >= 15 is 0 Å². The highest BCUT2D eigenvalue weighted by Crippen LogP contribution is 2.32. The van der Waals surface area contributed by atoms with Gasteiger partial charge >= 0.3 is 0 Å². The molecule has 0 radical (unpaired) electrons. The minimum absolute atomic E-state index is 0.249. The monoisotopic (exact) mass is 231 g/mol. The van der Waals surface area contributed by atoms with Crippen molar-refractivity contribution in [2.24, 2.45) is 5.41 Å². The fraction of sp³-hybridized carbons (Fsp3) is 0.625. The molecule has 0 saturated carbocycles. The molecular formula is C16H25N. The van der Waals surface area contributed by atoms with Crippen molar-refractivity contribution in [1.82, 2.24) is 0 Å². The Balaban J connectivity index is 2.22. The molecule has 0 unspecified atom stereocenters. The van der Waals surface area contributed by atoms with Crippen LogP contribution in [0.3, 0.4) is 0 Å². The zero-order valence-electron chi connectivity index (χ0n) is 11.9. The van der Waals surface area contributed by atoms with Gasteiger partial charge in [-0.1, -0.05) is 32.9 Å². The maximum atomic E-state index is 3.63. The minimum atomic E-state index is 0.249. The maximum absolute atomic E-state index is 3.63. The summed E-state index contributed by atoms with van der Waals surface area (Å²) < 4.78 is 0. The van der Waals surface area contributed by atoms with Crippen LogP contribution in [0.25, 0.3) is 0 Å². The molecule has 0 amide bonds. The van der Waals surface area contributed by atoms with Crippen molar-refractivity contribution >= 4 is 5.69 Å². The van der Waals surface area contributed by atoms with Crippen LogP contribution in [0.15, 0.2) is 18.2 Å². The average molecular weight is 231 g/mol. The summed E-state index contributed by atoms with van der Waals surface area (Å²) in [6, 6.07) is 6.93. The standard InChI is InChI=1S/C16H25N/c1-15(2,3)11-12-6-7-14-13(10-12)8-9-16(4,5)17-14/h6-7,10,17H,8-9,11H2,1-5H3. The smallest absolute Gasteiger partial charge is 0.0377 e. The van der Waals surface area contributed by atoms with Crippen LogP contribution in [0.1, 0.15) is 52.2 Å². The van der Waals surface area contributed by atoms with Crippen LogP contribution in [0.5, 0.6) is 0 Å². The van der Waals surface area contributed by atoms with Crippen molar-refractivity contribution in [3.05, 3.63) is 29.3 Å². The largest absolute Gasteiger partial charge is 0.380 e. The quantitative estimate of drug-likeness (QED) is 0.755. The SMILES string of the molecule is CC(C)(C)Cc1ccc2c(c1)CCC(C)(C)N2. The molecule has 1 aliphatic rings. The molecule has 1 nitrogen and oxygen atoms in total. The van der Waals surface area contributed by atoms with E-state index in [4.69, 9.17) is 0 Å². The normalized spacial score (nSPS) is 18.4. The van der Waals surface area contributed by atoms with Crippen molar-refractivity contribution < 1.29 is 0 Å². The first-order valence-electron chi connectivity index (χ1n) is 6.65. The zero-order chi connectivity index (χ0) is 12.7. The Hall–Kier alpha value is -0.980. The highest BCUT2D eigenvalue weighted by Gasteiger charge is 2.24. The number of aryl methyl sites for hydroxylation is 1. The van der Waals surface area contributed by atoms with E-state index in [0.717, 1.165) is 6.42 Å². The molecule has 1 N–H and O–H groups in total. The summed E-state index contributed by atoms with van der Waals surface area (Å²) in [6.45, 7) is 11.5. The van der Waals surface area contributed by atoms with Crippen molar-refractivity contribution in [2.45, 2.75) is 59.4 Å². The van der Waals surface area contributed by atoms with Gasteiger partial charge in [-0.3, -0.25) is 0 Å². The number of fused-ring (bicyclic) bond motifs is 1. The third-order valence-electron chi connectivity index (χ3n) is 3.40. The molecular weight excluding hydrogens is 206 g/mol. The van der Waals surface area contributed by atoms with E-state index in [1.165, 1.54) is 29.7 Å². The maximum Gasteiger partial charge on any atom is 0.0377 e. The van der Waals surface area contributed by atoms with Crippen LogP contribution in [-0.4, -0.2) is 5.54 Å². The van der Waals surface area contributed by atoms with Gasteiger partial charge < -0.3 is 5.32 Å². The lowest BCUT2D eigenvalue weighted by Crippen LogP contribution is -2.35.